The maximum atomic E-state index is 11.8. The van der Waals surface area contributed by atoms with Gasteiger partial charge < -0.3 is 10.0 Å². The van der Waals surface area contributed by atoms with Crippen molar-refractivity contribution in [1.29, 1.82) is 0 Å². The predicted molar refractivity (Wildman–Crippen MR) is 96.4 cm³/mol. The summed E-state index contributed by atoms with van der Waals surface area (Å²) in [4.78, 5) is 13.8. The van der Waals surface area contributed by atoms with Crippen molar-refractivity contribution in [1.82, 2.24) is 0 Å². The summed E-state index contributed by atoms with van der Waals surface area (Å²) in [6.07, 6.45) is 0.565. The van der Waals surface area contributed by atoms with E-state index in [9.17, 15) is 9.90 Å². The van der Waals surface area contributed by atoms with E-state index < -0.39 is 12.0 Å². The number of hydrogen-bond donors (Lipinski definition) is 1. The third-order valence-corrected chi connectivity index (χ3v) is 4.92. The number of hydrogen-bond acceptors (Lipinski definition) is 2. The molecule has 0 bridgehead atoms. The molecule has 4 rings (SSSR count). The third-order valence-electron chi connectivity index (χ3n) is 4.92. The lowest BCUT2D eigenvalue weighted by Gasteiger charge is -2.26. The number of carboxylic acid groups (broad SMARTS) is 1. The second kappa shape index (κ2) is 5.68. The van der Waals surface area contributed by atoms with Crippen LogP contribution in [0, 0.1) is 6.92 Å². The van der Waals surface area contributed by atoms with Crippen LogP contribution in [-0.4, -0.2) is 17.1 Å². The maximum Gasteiger partial charge on any atom is 0.326 e. The quantitative estimate of drug-likeness (QED) is 0.788. The van der Waals surface area contributed by atoms with E-state index in [2.05, 4.69) is 43.3 Å². The van der Waals surface area contributed by atoms with Gasteiger partial charge >= 0.3 is 5.97 Å². The molecule has 0 aliphatic carbocycles. The van der Waals surface area contributed by atoms with Crippen LogP contribution in [0.15, 0.2) is 60.7 Å². The first-order valence-electron chi connectivity index (χ1n) is 8.20. The van der Waals surface area contributed by atoms with E-state index in [1.165, 1.54) is 21.9 Å². The summed E-state index contributed by atoms with van der Waals surface area (Å²) >= 11 is 0. The minimum atomic E-state index is -0.761. The second-order valence-electron chi connectivity index (χ2n) is 6.40. The van der Waals surface area contributed by atoms with Crippen molar-refractivity contribution in [3.05, 3.63) is 77.4 Å². The van der Waals surface area contributed by atoms with Crippen LogP contribution < -0.4 is 4.90 Å². The van der Waals surface area contributed by atoms with Crippen LogP contribution in [-0.2, 0) is 17.8 Å². The van der Waals surface area contributed by atoms with E-state index >= 15 is 0 Å². The van der Waals surface area contributed by atoms with Crippen LogP contribution in [0.5, 0.6) is 0 Å². The predicted octanol–water partition coefficient (Wildman–Crippen LogP) is 4.16. The summed E-state index contributed by atoms with van der Waals surface area (Å²) < 4.78 is 0. The molecular weight excluding hydrogens is 298 g/mol. The molecule has 1 N–H and O–H groups in total. The van der Waals surface area contributed by atoms with E-state index in [1.54, 1.807) is 0 Å². The maximum absolute atomic E-state index is 11.8. The van der Waals surface area contributed by atoms with Crippen LogP contribution in [0.1, 0.15) is 16.7 Å². The van der Waals surface area contributed by atoms with Gasteiger partial charge in [-0.05, 0) is 40.5 Å². The number of aryl methyl sites for hydroxylation is 1. The summed E-state index contributed by atoms with van der Waals surface area (Å²) in [6.45, 7) is 2.72. The van der Waals surface area contributed by atoms with Gasteiger partial charge in [0, 0.05) is 18.7 Å². The molecule has 3 aromatic carbocycles. The van der Waals surface area contributed by atoms with Gasteiger partial charge in [0.1, 0.15) is 6.04 Å². The van der Waals surface area contributed by atoms with Crippen LogP contribution >= 0.6 is 0 Å². The van der Waals surface area contributed by atoms with Crippen LogP contribution in [0.2, 0.25) is 0 Å². The zero-order chi connectivity index (χ0) is 16.7. The Morgan fingerprint density at radius 3 is 2.62 bits per heavy atom. The Morgan fingerprint density at radius 2 is 1.83 bits per heavy atom. The van der Waals surface area contributed by atoms with Gasteiger partial charge in [0.15, 0.2) is 0 Å². The van der Waals surface area contributed by atoms with Crippen molar-refractivity contribution in [2.24, 2.45) is 0 Å². The number of carbonyl (C=O) groups is 1. The highest BCUT2D eigenvalue weighted by Gasteiger charge is 2.34. The average molecular weight is 317 g/mol. The number of carboxylic acids is 1. The Balaban J connectivity index is 1.81. The Morgan fingerprint density at radius 1 is 1.08 bits per heavy atom. The van der Waals surface area contributed by atoms with Gasteiger partial charge in [-0.2, -0.15) is 0 Å². The molecule has 0 saturated heterocycles. The molecule has 3 aromatic rings. The number of benzene rings is 3. The Hall–Kier alpha value is -2.81. The lowest BCUT2D eigenvalue weighted by molar-refractivity contribution is -0.138. The first-order valence-corrected chi connectivity index (χ1v) is 8.20. The van der Waals surface area contributed by atoms with Crippen molar-refractivity contribution >= 4 is 22.4 Å². The second-order valence-corrected chi connectivity index (χ2v) is 6.40. The van der Waals surface area contributed by atoms with Crippen LogP contribution in [0.3, 0.4) is 0 Å². The molecule has 1 unspecified atom stereocenters. The SMILES string of the molecule is Cc1cccc2cccc(CN3c4ccccc4CC3C(=O)O)c12. The van der Waals surface area contributed by atoms with Gasteiger partial charge in [0.25, 0.3) is 0 Å². The molecule has 24 heavy (non-hydrogen) atoms. The van der Waals surface area contributed by atoms with Crippen molar-refractivity contribution in [2.75, 3.05) is 4.90 Å². The molecule has 1 heterocycles. The third kappa shape index (κ3) is 2.33. The monoisotopic (exact) mass is 317 g/mol. The topological polar surface area (TPSA) is 40.5 Å². The number of nitrogens with zero attached hydrogens (tertiary/aromatic N) is 1. The summed E-state index contributed by atoms with van der Waals surface area (Å²) in [6, 6.07) is 20.1. The van der Waals surface area contributed by atoms with Crippen molar-refractivity contribution < 1.29 is 9.90 Å². The molecule has 0 fully saturated rings. The first-order chi connectivity index (χ1) is 11.6. The molecule has 1 atom stereocenters. The Labute approximate surface area is 141 Å². The van der Waals surface area contributed by atoms with Gasteiger partial charge in [-0.3, -0.25) is 0 Å². The summed E-state index contributed by atoms with van der Waals surface area (Å²) in [7, 11) is 0. The molecule has 1 aliphatic heterocycles. The fourth-order valence-electron chi connectivity index (χ4n) is 3.80. The molecule has 0 saturated carbocycles. The smallest absolute Gasteiger partial charge is 0.326 e. The zero-order valence-electron chi connectivity index (χ0n) is 13.6. The number of aliphatic carboxylic acids is 1. The Kier molecular flexibility index (Phi) is 3.49. The van der Waals surface area contributed by atoms with E-state index in [0.717, 1.165) is 11.3 Å². The molecule has 120 valence electrons. The summed E-state index contributed by atoms with van der Waals surface area (Å²) in [5.74, 6) is -0.761. The summed E-state index contributed by atoms with van der Waals surface area (Å²) in [5.41, 5.74) is 4.55. The fraction of sp³-hybridized carbons (Fsp3) is 0.190. The van der Waals surface area contributed by atoms with Crippen molar-refractivity contribution in [3.8, 4) is 0 Å². The highest BCUT2D eigenvalue weighted by molar-refractivity contribution is 5.89. The molecule has 0 radical (unpaired) electrons. The normalized spacial score (nSPS) is 16.4. The van der Waals surface area contributed by atoms with Crippen LogP contribution in [0.25, 0.3) is 10.8 Å². The highest BCUT2D eigenvalue weighted by Crippen LogP contribution is 2.35. The van der Waals surface area contributed by atoms with E-state index in [1.807, 2.05) is 29.2 Å². The lowest BCUT2D eigenvalue weighted by atomic mass is 9.99. The largest absolute Gasteiger partial charge is 0.480 e. The fourth-order valence-corrected chi connectivity index (χ4v) is 3.80. The number of para-hydroxylation sites is 1. The Bertz CT molecular complexity index is 927. The van der Waals surface area contributed by atoms with Gasteiger partial charge in [0.05, 0.1) is 0 Å². The zero-order valence-corrected chi connectivity index (χ0v) is 13.6. The minimum absolute atomic E-state index is 0.498. The van der Waals surface area contributed by atoms with E-state index in [-0.39, 0.29) is 0 Å². The van der Waals surface area contributed by atoms with Gasteiger partial charge in [-0.1, -0.05) is 54.6 Å². The molecule has 0 amide bonds. The highest BCUT2D eigenvalue weighted by atomic mass is 16.4. The summed E-state index contributed by atoms with van der Waals surface area (Å²) in [5, 5.41) is 12.1. The van der Waals surface area contributed by atoms with E-state index in [4.69, 9.17) is 0 Å². The molecular formula is C21H19NO2. The lowest BCUT2D eigenvalue weighted by Crippen LogP contribution is -2.38. The first kappa shape index (κ1) is 14.8. The average Bonchev–Trinajstić information content (AvgIpc) is 2.94. The van der Waals surface area contributed by atoms with Gasteiger partial charge in [0.2, 0.25) is 0 Å². The molecule has 0 aromatic heterocycles. The van der Waals surface area contributed by atoms with Crippen molar-refractivity contribution in [3.63, 3.8) is 0 Å². The number of rotatable bonds is 3. The number of anilines is 1. The van der Waals surface area contributed by atoms with Gasteiger partial charge in [-0.15, -0.1) is 0 Å². The minimum Gasteiger partial charge on any atom is -0.480 e. The molecule has 1 aliphatic rings. The van der Waals surface area contributed by atoms with E-state index in [0.29, 0.717) is 13.0 Å². The molecule has 3 nitrogen and oxygen atoms in total. The number of fused-ring (bicyclic) bond motifs is 2. The molecule has 3 heteroatoms. The van der Waals surface area contributed by atoms with Crippen molar-refractivity contribution in [2.45, 2.75) is 25.9 Å². The standard InChI is InChI=1S/C21H19NO2/c1-14-6-4-8-15-9-5-10-17(20(14)15)13-22-18-11-3-2-7-16(18)12-19(22)21(23)24/h2-11,19H,12-13H2,1H3,(H,23,24). The van der Waals surface area contributed by atoms with Gasteiger partial charge in [-0.25, -0.2) is 4.79 Å². The van der Waals surface area contributed by atoms with Crippen LogP contribution in [0.4, 0.5) is 5.69 Å². The molecule has 0 spiro atoms.